The van der Waals surface area contributed by atoms with E-state index in [9.17, 15) is 14.0 Å². The normalized spacial score (nSPS) is 10.4. The van der Waals surface area contributed by atoms with Gasteiger partial charge >= 0.3 is 0 Å². The quantitative estimate of drug-likeness (QED) is 0.796. The van der Waals surface area contributed by atoms with Gasteiger partial charge in [0.1, 0.15) is 5.82 Å². The Morgan fingerprint density at radius 2 is 1.84 bits per heavy atom. The van der Waals surface area contributed by atoms with Crippen LogP contribution in [-0.4, -0.2) is 24.9 Å². The van der Waals surface area contributed by atoms with Crippen LogP contribution in [-0.2, 0) is 4.79 Å². The molecule has 104 valence electrons. The predicted octanol–water partition coefficient (Wildman–Crippen LogP) is 1.64. The molecule has 5 heteroatoms. The van der Waals surface area contributed by atoms with Crippen molar-refractivity contribution in [2.24, 2.45) is 5.92 Å². The van der Waals surface area contributed by atoms with Gasteiger partial charge in [-0.3, -0.25) is 9.59 Å². The predicted molar refractivity (Wildman–Crippen MR) is 71.3 cm³/mol. The summed E-state index contributed by atoms with van der Waals surface area (Å²) in [6.07, 6.45) is 0. The molecule has 0 saturated carbocycles. The summed E-state index contributed by atoms with van der Waals surface area (Å²) >= 11 is 0. The fourth-order valence-corrected chi connectivity index (χ4v) is 1.40. The Morgan fingerprint density at radius 3 is 2.42 bits per heavy atom. The molecular weight excluding hydrogens is 247 g/mol. The number of benzene rings is 1. The molecule has 0 atom stereocenters. The molecule has 1 aromatic carbocycles. The number of carbonyl (C=O) groups is 2. The smallest absolute Gasteiger partial charge is 0.251 e. The summed E-state index contributed by atoms with van der Waals surface area (Å²) < 4.78 is 13.3. The van der Waals surface area contributed by atoms with Crippen LogP contribution < -0.4 is 10.6 Å². The second-order valence-corrected chi connectivity index (χ2v) is 4.67. The number of hydrogen-bond acceptors (Lipinski definition) is 2. The van der Waals surface area contributed by atoms with Crippen molar-refractivity contribution in [3.63, 3.8) is 0 Å². The third-order valence-corrected chi connectivity index (χ3v) is 2.67. The van der Waals surface area contributed by atoms with Gasteiger partial charge in [0, 0.05) is 24.6 Å². The zero-order valence-corrected chi connectivity index (χ0v) is 11.4. The van der Waals surface area contributed by atoms with Crippen molar-refractivity contribution in [1.29, 1.82) is 0 Å². The Hall–Kier alpha value is -1.91. The number of nitrogens with one attached hydrogen (secondary N) is 2. The van der Waals surface area contributed by atoms with Crippen LogP contribution in [0.1, 0.15) is 29.8 Å². The molecule has 0 aliphatic rings. The Bertz CT molecular complexity index is 473. The summed E-state index contributed by atoms with van der Waals surface area (Å²) in [7, 11) is 0. The first-order valence-corrected chi connectivity index (χ1v) is 6.24. The summed E-state index contributed by atoms with van der Waals surface area (Å²) in [5, 5.41) is 5.30. The Kier molecular flexibility index (Phi) is 5.48. The van der Waals surface area contributed by atoms with E-state index < -0.39 is 5.82 Å². The van der Waals surface area contributed by atoms with E-state index in [1.165, 1.54) is 6.07 Å². The molecule has 0 saturated heterocycles. The van der Waals surface area contributed by atoms with Gasteiger partial charge in [-0.2, -0.15) is 0 Å². The van der Waals surface area contributed by atoms with Crippen LogP contribution >= 0.6 is 0 Å². The van der Waals surface area contributed by atoms with Crippen molar-refractivity contribution in [2.75, 3.05) is 13.1 Å². The Morgan fingerprint density at radius 1 is 1.21 bits per heavy atom. The van der Waals surface area contributed by atoms with Crippen LogP contribution in [0.2, 0.25) is 0 Å². The first kappa shape index (κ1) is 15.1. The molecular formula is C14H19FN2O2. The van der Waals surface area contributed by atoms with E-state index in [1.54, 1.807) is 32.9 Å². The number of aryl methyl sites for hydroxylation is 1. The molecule has 1 aromatic rings. The zero-order valence-electron chi connectivity index (χ0n) is 11.4. The summed E-state index contributed by atoms with van der Waals surface area (Å²) in [5.41, 5.74) is 0.777. The third kappa shape index (κ3) is 4.69. The highest BCUT2D eigenvalue weighted by molar-refractivity contribution is 5.94. The lowest BCUT2D eigenvalue weighted by Crippen LogP contribution is -2.36. The fraction of sp³-hybridized carbons (Fsp3) is 0.429. The lowest BCUT2D eigenvalue weighted by Gasteiger charge is -2.09. The molecule has 0 fully saturated rings. The summed E-state index contributed by atoms with van der Waals surface area (Å²) in [6, 6.07) is 4.34. The van der Waals surface area contributed by atoms with E-state index >= 15 is 0 Å². The van der Waals surface area contributed by atoms with Crippen LogP contribution in [0, 0.1) is 18.7 Å². The average molecular weight is 266 g/mol. The lowest BCUT2D eigenvalue weighted by atomic mass is 10.1. The molecule has 0 aliphatic carbocycles. The van der Waals surface area contributed by atoms with Gasteiger partial charge in [-0.05, 0) is 24.6 Å². The minimum absolute atomic E-state index is 0.0596. The number of carbonyl (C=O) groups excluding carboxylic acids is 2. The highest BCUT2D eigenvalue weighted by Crippen LogP contribution is 2.08. The van der Waals surface area contributed by atoms with Crippen LogP contribution in [0.15, 0.2) is 18.2 Å². The van der Waals surface area contributed by atoms with Gasteiger partial charge in [-0.1, -0.05) is 19.9 Å². The fourth-order valence-electron chi connectivity index (χ4n) is 1.40. The average Bonchev–Trinajstić information content (AvgIpc) is 2.37. The summed E-state index contributed by atoms with van der Waals surface area (Å²) in [4.78, 5) is 23.0. The van der Waals surface area contributed by atoms with Gasteiger partial charge < -0.3 is 10.6 Å². The molecule has 0 heterocycles. The van der Waals surface area contributed by atoms with Crippen molar-refractivity contribution < 1.29 is 14.0 Å². The number of amides is 2. The molecule has 0 bridgehead atoms. The van der Waals surface area contributed by atoms with Gasteiger partial charge in [-0.15, -0.1) is 0 Å². The largest absolute Gasteiger partial charge is 0.354 e. The molecule has 19 heavy (non-hydrogen) atoms. The molecule has 0 aliphatic heterocycles. The van der Waals surface area contributed by atoms with Gasteiger partial charge in [0.2, 0.25) is 5.91 Å². The minimum Gasteiger partial charge on any atom is -0.354 e. The number of rotatable bonds is 5. The molecule has 4 nitrogen and oxygen atoms in total. The monoisotopic (exact) mass is 266 g/mol. The van der Waals surface area contributed by atoms with Crippen molar-refractivity contribution in [3.05, 3.63) is 35.1 Å². The molecule has 0 unspecified atom stereocenters. The van der Waals surface area contributed by atoms with Crippen LogP contribution in [0.4, 0.5) is 4.39 Å². The molecule has 1 rings (SSSR count). The molecule has 0 aromatic heterocycles. The van der Waals surface area contributed by atoms with Crippen LogP contribution in [0.25, 0.3) is 0 Å². The van der Waals surface area contributed by atoms with E-state index in [-0.39, 0.29) is 23.3 Å². The van der Waals surface area contributed by atoms with Crippen molar-refractivity contribution in [2.45, 2.75) is 20.8 Å². The molecule has 2 amide bonds. The Labute approximate surface area is 112 Å². The van der Waals surface area contributed by atoms with E-state index in [0.29, 0.717) is 18.7 Å². The topological polar surface area (TPSA) is 58.2 Å². The second-order valence-electron chi connectivity index (χ2n) is 4.67. The highest BCUT2D eigenvalue weighted by Gasteiger charge is 2.08. The lowest BCUT2D eigenvalue weighted by molar-refractivity contribution is -0.123. The van der Waals surface area contributed by atoms with E-state index in [2.05, 4.69) is 10.6 Å². The van der Waals surface area contributed by atoms with E-state index in [4.69, 9.17) is 0 Å². The van der Waals surface area contributed by atoms with E-state index in [1.807, 2.05) is 0 Å². The second kappa shape index (κ2) is 6.87. The van der Waals surface area contributed by atoms with Crippen molar-refractivity contribution in [1.82, 2.24) is 10.6 Å². The van der Waals surface area contributed by atoms with Crippen LogP contribution in [0.5, 0.6) is 0 Å². The SMILES string of the molecule is Cc1ccc(C(=O)NCCNC(=O)C(C)C)cc1F. The highest BCUT2D eigenvalue weighted by atomic mass is 19.1. The molecule has 2 N–H and O–H groups in total. The summed E-state index contributed by atoms with van der Waals surface area (Å²) in [5.74, 6) is -0.893. The number of hydrogen-bond donors (Lipinski definition) is 2. The van der Waals surface area contributed by atoms with Crippen LogP contribution in [0.3, 0.4) is 0 Å². The zero-order chi connectivity index (χ0) is 14.4. The minimum atomic E-state index is -0.402. The molecule has 0 radical (unpaired) electrons. The van der Waals surface area contributed by atoms with Gasteiger partial charge in [0.15, 0.2) is 0 Å². The maximum atomic E-state index is 13.3. The van der Waals surface area contributed by atoms with E-state index in [0.717, 1.165) is 0 Å². The summed E-state index contributed by atoms with van der Waals surface area (Å²) in [6.45, 7) is 5.90. The van der Waals surface area contributed by atoms with Gasteiger partial charge in [0.25, 0.3) is 5.91 Å². The maximum Gasteiger partial charge on any atom is 0.251 e. The maximum absolute atomic E-state index is 13.3. The first-order chi connectivity index (χ1) is 8.91. The standard InChI is InChI=1S/C14H19FN2O2/c1-9(2)13(18)16-6-7-17-14(19)11-5-4-10(3)12(15)8-11/h4-5,8-9H,6-7H2,1-3H3,(H,16,18)(H,17,19). The van der Waals surface area contributed by atoms with Crippen molar-refractivity contribution >= 4 is 11.8 Å². The first-order valence-electron chi connectivity index (χ1n) is 6.24. The van der Waals surface area contributed by atoms with Crippen molar-refractivity contribution in [3.8, 4) is 0 Å². The third-order valence-electron chi connectivity index (χ3n) is 2.67. The Balaban J connectivity index is 2.39. The van der Waals surface area contributed by atoms with Gasteiger partial charge in [0.05, 0.1) is 0 Å². The number of halogens is 1. The molecule has 0 spiro atoms. The van der Waals surface area contributed by atoms with Gasteiger partial charge in [-0.25, -0.2) is 4.39 Å².